The summed E-state index contributed by atoms with van der Waals surface area (Å²) in [6.07, 6.45) is 1.75. The van der Waals surface area contributed by atoms with Gasteiger partial charge in [0.1, 0.15) is 12.6 Å². The van der Waals surface area contributed by atoms with Crippen LogP contribution < -0.4 is 5.73 Å². The second kappa shape index (κ2) is 11.4. The molecule has 0 aliphatic carbocycles. The van der Waals surface area contributed by atoms with E-state index in [9.17, 15) is 13.2 Å². The van der Waals surface area contributed by atoms with E-state index in [2.05, 4.69) is 16.4 Å². The molecule has 0 radical (unpaired) electrons. The highest BCUT2D eigenvalue weighted by molar-refractivity contribution is 7.90. The molecule has 2 aromatic heterocycles. The molecule has 0 spiro atoms. The van der Waals surface area contributed by atoms with Gasteiger partial charge in [-0.05, 0) is 59.2 Å². The molecule has 36 heavy (non-hydrogen) atoms. The van der Waals surface area contributed by atoms with Crippen LogP contribution in [0.3, 0.4) is 0 Å². The van der Waals surface area contributed by atoms with Crippen LogP contribution in [0.2, 0.25) is 5.02 Å². The van der Waals surface area contributed by atoms with E-state index in [-0.39, 0.29) is 24.0 Å². The molecule has 1 atom stereocenters. The van der Waals surface area contributed by atoms with Crippen LogP contribution in [0.25, 0.3) is 21.6 Å². The third kappa shape index (κ3) is 7.38. The summed E-state index contributed by atoms with van der Waals surface area (Å²) < 4.78 is 30.1. The van der Waals surface area contributed by atoms with E-state index in [1.54, 1.807) is 30.5 Å². The highest BCUT2D eigenvalue weighted by atomic mass is 35.5. The topological polar surface area (TPSA) is 99.4 Å². The molecule has 3 rings (SSSR count). The lowest BCUT2D eigenvalue weighted by molar-refractivity contribution is -0.146. The Kier molecular flexibility index (Phi) is 8.98. The Morgan fingerprint density at radius 2 is 1.86 bits per heavy atom. The number of hydrogen-bond acceptors (Lipinski definition) is 7. The SMILES string of the molecule is CC(C)CS(=O)(=O)Cc1ccc(-c2cc(-c3ccnc(C(C)(C)COC(=O)C(C)N)c3)cs2)c(Cl)c1. The first-order chi connectivity index (χ1) is 16.8. The number of sulfone groups is 1. The van der Waals surface area contributed by atoms with Crippen molar-refractivity contribution in [3.63, 3.8) is 0 Å². The highest BCUT2D eigenvalue weighted by Gasteiger charge is 2.26. The van der Waals surface area contributed by atoms with Crippen molar-refractivity contribution in [1.82, 2.24) is 4.98 Å². The number of aromatic nitrogens is 1. The van der Waals surface area contributed by atoms with Crippen molar-refractivity contribution in [1.29, 1.82) is 0 Å². The van der Waals surface area contributed by atoms with Gasteiger partial charge >= 0.3 is 5.97 Å². The summed E-state index contributed by atoms with van der Waals surface area (Å²) in [5.74, 6) is -0.226. The van der Waals surface area contributed by atoms with Crippen LogP contribution in [0.1, 0.15) is 45.9 Å². The lowest BCUT2D eigenvalue weighted by Gasteiger charge is -2.24. The summed E-state index contributed by atoms with van der Waals surface area (Å²) in [4.78, 5) is 17.3. The maximum Gasteiger partial charge on any atom is 0.322 e. The number of pyridine rings is 1. The molecule has 0 saturated heterocycles. The number of carbonyl (C=O) groups excluding carboxylic acids is 1. The number of benzene rings is 1. The minimum atomic E-state index is -3.19. The number of ether oxygens (including phenoxy) is 1. The van der Waals surface area contributed by atoms with E-state index in [1.807, 2.05) is 52.0 Å². The summed E-state index contributed by atoms with van der Waals surface area (Å²) in [6.45, 7) is 9.49. The maximum atomic E-state index is 12.4. The number of hydrogen-bond donors (Lipinski definition) is 1. The van der Waals surface area contributed by atoms with Gasteiger partial charge in [-0.1, -0.05) is 51.4 Å². The van der Waals surface area contributed by atoms with Gasteiger partial charge in [-0.3, -0.25) is 9.78 Å². The zero-order valence-electron chi connectivity index (χ0n) is 21.2. The van der Waals surface area contributed by atoms with E-state index >= 15 is 0 Å². The lowest BCUT2D eigenvalue weighted by Crippen LogP contribution is -2.34. The van der Waals surface area contributed by atoms with Crippen molar-refractivity contribution in [2.24, 2.45) is 11.7 Å². The summed E-state index contributed by atoms with van der Waals surface area (Å²) in [6, 6.07) is 10.8. The zero-order chi connectivity index (χ0) is 26.7. The fourth-order valence-electron chi connectivity index (χ4n) is 3.73. The summed E-state index contributed by atoms with van der Waals surface area (Å²) >= 11 is 8.14. The van der Waals surface area contributed by atoms with Gasteiger partial charge in [-0.2, -0.15) is 0 Å². The van der Waals surface area contributed by atoms with Crippen LogP contribution in [0, 0.1) is 5.92 Å². The smallest absolute Gasteiger partial charge is 0.322 e. The second-order valence-corrected chi connectivity index (χ2v) is 13.6. The Hall–Kier alpha value is -2.26. The fourth-order valence-corrected chi connectivity index (χ4v) is 6.87. The minimum absolute atomic E-state index is 0.0179. The van der Waals surface area contributed by atoms with Crippen LogP contribution in [-0.4, -0.2) is 37.8 Å². The van der Waals surface area contributed by atoms with Crippen LogP contribution in [0.5, 0.6) is 0 Å². The highest BCUT2D eigenvalue weighted by Crippen LogP contribution is 2.37. The van der Waals surface area contributed by atoms with Gasteiger partial charge in [-0.25, -0.2) is 8.42 Å². The molecule has 194 valence electrons. The molecule has 1 unspecified atom stereocenters. The van der Waals surface area contributed by atoms with Gasteiger partial charge in [-0.15, -0.1) is 11.3 Å². The van der Waals surface area contributed by atoms with Gasteiger partial charge in [0.15, 0.2) is 9.84 Å². The Morgan fingerprint density at radius 3 is 2.50 bits per heavy atom. The van der Waals surface area contributed by atoms with E-state index < -0.39 is 27.3 Å². The van der Waals surface area contributed by atoms with Crippen molar-refractivity contribution in [2.45, 2.75) is 51.8 Å². The standard InChI is InChI=1S/C27H33ClN2O4S2/c1-17(2)14-36(32,33)15-19-6-7-22(23(28)10-19)24-11-21(13-35-24)20-8-9-30-25(12-20)27(4,5)16-34-26(31)18(3)29/h6-13,17-18H,14-16,29H2,1-5H3. The van der Waals surface area contributed by atoms with Gasteiger partial charge in [0, 0.05) is 32.8 Å². The van der Waals surface area contributed by atoms with Crippen LogP contribution in [-0.2, 0) is 30.5 Å². The number of esters is 1. The Labute approximate surface area is 222 Å². The van der Waals surface area contributed by atoms with Crippen molar-refractivity contribution in [3.05, 3.63) is 64.3 Å². The van der Waals surface area contributed by atoms with E-state index in [0.29, 0.717) is 10.6 Å². The van der Waals surface area contributed by atoms with Crippen LogP contribution in [0.4, 0.5) is 0 Å². The van der Waals surface area contributed by atoms with E-state index in [1.165, 1.54) is 0 Å². The lowest BCUT2D eigenvalue weighted by atomic mass is 9.88. The van der Waals surface area contributed by atoms with Gasteiger partial charge in [0.25, 0.3) is 0 Å². The van der Waals surface area contributed by atoms with Crippen molar-refractivity contribution in [2.75, 3.05) is 12.4 Å². The molecule has 9 heteroatoms. The molecule has 3 aromatic rings. The predicted molar refractivity (Wildman–Crippen MR) is 148 cm³/mol. The first-order valence-electron chi connectivity index (χ1n) is 11.7. The molecular formula is C27H33ClN2O4S2. The zero-order valence-corrected chi connectivity index (χ0v) is 23.6. The molecule has 0 bridgehead atoms. The molecule has 6 nitrogen and oxygen atoms in total. The molecule has 0 aliphatic rings. The third-order valence-corrected chi connectivity index (χ3v) is 8.83. The van der Waals surface area contributed by atoms with Gasteiger partial charge < -0.3 is 10.5 Å². The molecule has 2 N–H and O–H groups in total. The molecule has 2 heterocycles. The minimum Gasteiger partial charge on any atom is -0.464 e. The van der Waals surface area contributed by atoms with E-state index in [0.717, 1.165) is 27.3 Å². The average molecular weight is 549 g/mol. The largest absolute Gasteiger partial charge is 0.464 e. The van der Waals surface area contributed by atoms with Crippen molar-refractivity contribution < 1.29 is 17.9 Å². The third-order valence-electron chi connectivity index (χ3n) is 5.61. The Bertz CT molecular complexity index is 1330. The molecular weight excluding hydrogens is 516 g/mol. The summed E-state index contributed by atoms with van der Waals surface area (Å²) in [7, 11) is -3.19. The molecule has 0 saturated carbocycles. The van der Waals surface area contributed by atoms with Crippen LogP contribution in [0.15, 0.2) is 48.0 Å². The maximum absolute atomic E-state index is 12.4. The number of nitrogens with two attached hydrogens (primary N) is 1. The summed E-state index contributed by atoms with van der Waals surface area (Å²) in [5, 5.41) is 2.57. The first kappa shape index (κ1) is 28.3. The second-order valence-electron chi connectivity index (χ2n) is 10.2. The predicted octanol–water partition coefficient (Wildman–Crippen LogP) is 5.87. The first-order valence-corrected chi connectivity index (χ1v) is 14.8. The Morgan fingerprint density at radius 1 is 1.14 bits per heavy atom. The van der Waals surface area contributed by atoms with Crippen LogP contribution >= 0.6 is 22.9 Å². The number of rotatable bonds is 10. The van der Waals surface area contributed by atoms with Crippen molar-refractivity contribution >= 4 is 38.7 Å². The number of nitrogens with zero attached hydrogens (tertiary/aromatic N) is 1. The number of halogens is 1. The quantitative estimate of drug-likeness (QED) is 0.318. The van der Waals surface area contributed by atoms with Crippen molar-refractivity contribution in [3.8, 4) is 21.6 Å². The summed E-state index contributed by atoms with van der Waals surface area (Å²) in [5.41, 5.74) is 9.45. The molecule has 1 aromatic carbocycles. The van der Waals surface area contributed by atoms with Gasteiger partial charge in [0.2, 0.25) is 0 Å². The molecule has 0 aliphatic heterocycles. The van der Waals surface area contributed by atoms with E-state index in [4.69, 9.17) is 22.1 Å². The molecule has 0 amide bonds. The monoisotopic (exact) mass is 548 g/mol. The molecule has 0 fully saturated rings. The number of carbonyl (C=O) groups is 1. The van der Waals surface area contributed by atoms with Gasteiger partial charge in [0.05, 0.1) is 11.5 Å². The number of thiophene rings is 1. The fraction of sp³-hybridized carbons (Fsp3) is 0.407. The Balaban J connectivity index is 1.80. The normalized spacial score (nSPS) is 13.1. The average Bonchev–Trinajstić information content (AvgIpc) is 3.26.